The smallest absolute Gasteiger partial charge is 0.220 e. The second kappa shape index (κ2) is 11.6. The lowest BCUT2D eigenvalue weighted by molar-refractivity contribution is -0.121. The SMILES string of the molecule is CCCOc1ccc(C(=O)CCC(=O)NCCN(CC)C(C)C)cc1. The van der Waals surface area contributed by atoms with Crippen molar-refractivity contribution in [1.29, 1.82) is 0 Å². The molecule has 0 saturated carbocycles. The molecule has 0 aliphatic rings. The third-order valence-electron chi connectivity index (χ3n) is 4.09. The molecule has 0 aliphatic heterocycles. The zero-order valence-electron chi connectivity index (χ0n) is 16.0. The topological polar surface area (TPSA) is 58.6 Å². The molecule has 1 N–H and O–H groups in total. The van der Waals surface area contributed by atoms with Crippen LogP contribution < -0.4 is 10.1 Å². The minimum absolute atomic E-state index is 0.0189. The molecule has 0 saturated heterocycles. The van der Waals surface area contributed by atoms with E-state index in [0.29, 0.717) is 24.8 Å². The van der Waals surface area contributed by atoms with Gasteiger partial charge in [-0.05, 0) is 51.1 Å². The molecule has 5 nitrogen and oxygen atoms in total. The van der Waals surface area contributed by atoms with Gasteiger partial charge in [0.1, 0.15) is 5.75 Å². The second-order valence-corrected chi connectivity index (χ2v) is 6.37. The van der Waals surface area contributed by atoms with E-state index in [2.05, 4.69) is 31.0 Å². The number of ketones is 1. The minimum Gasteiger partial charge on any atom is -0.494 e. The van der Waals surface area contributed by atoms with Crippen LogP contribution in [-0.4, -0.2) is 48.9 Å². The Kier molecular flexibility index (Phi) is 9.85. The Morgan fingerprint density at radius 2 is 1.80 bits per heavy atom. The van der Waals surface area contributed by atoms with Crippen LogP contribution in [0.25, 0.3) is 0 Å². The van der Waals surface area contributed by atoms with E-state index in [9.17, 15) is 9.59 Å². The summed E-state index contributed by atoms with van der Waals surface area (Å²) in [6.45, 7) is 11.5. The zero-order valence-corrected chi connectivity index (χ0v) is 16.0. The van der Waals surface area contributed by atoms with Crippen LogP contribution in [0.1, 0.15) is 57.3 Å². The lowest BCUT2D eigenvalue weighted by Gasteiger charge is -2.24. The number of likely N-dealkylation sites (N-methyl/N-ethyl adjacent to an activating group) is 1. The maximum Gasteiger partial charge on any atom is 0.220 e. The van der Waals surface area contributed by atoms with Crippen molar-refractivity contribution >= 4 is 11.7 Å². The fourth-order valence-corrected chi connectivity index (χ4v) is 2.54. The maximum atomic E-state index is 12.2. The summed E-state index contributed by atoms with van der Waals surface area (Å²) in [5, 5.41) is 2.89. The van der Waals surface area contributed by atoms with Gasteiger partial charge < -0.3 is 10.1 Å². The van der Waals surface area contributed by atoms with E-state index < -0.39 is 0 Å². The average Bonchev–Trinajstić information content (AvgIpc) is 2.61. The summed E-state index contributed by atoms with van der Waals surface area (Å²) >= 11 is 0. The van der Waals surface area contributed by atoms with Crippen molar-refractivity contribution in [2.75, 3.05) is 26.2 Å². The lowest BCUT2D eigenvalue weighted by Crippen LogP contribution is -2.38. The molecule has 1 aromatic rings. The van der Waals surface area contributed by atoms with Crippen LogP contribution >= 0.6 is 0 Å². The van der Waals surface area contributed by atoms with Crippen LogP contribution in [0.5, 0.6) is 5.75 Å². The standard InChI is InChI=1S/C20H32N2O3/c1-5-15-25-18-9-7-17(8-10-18)19(23)11-12-20(24)21-13-14-22(6-2)16(3)4/h7-10,16H,5-6,11-15H2,1-4H3,(H,21,24). The summed E-state index contributed by atoms with van der Waals surface area (Å²) in [7, 11) is 0. The van der Waals surface area contributed by atoms with Crippen LogP contribution in [0, 0.1) is 0 Å². The van der Waals surface area contributed by atoms with Crippen molar-refractivity contribution in [2.24, 2.45) is 0 Å². The summed E-state index contributed by atoms with van der Waals surface area (Å²) < 4.78 is 5.50. The molecule has 0 heterocycles. The van der Waals surface area contributed by atoms with Crippen molar-refractivity contribution in [2.45, 2.75) is 53.0 Å². The summed E-state index contributed by atoms with van der Waals surface area (Å²) in [6.07, 6.45) is 1.40. The minimum atomic E-state index is -0.0731. The number of carbonyl (C=O) groups is 2. The van der Waals surface area contributed by atoms with Gasteiger partial charge in [0.15, 0.2) is 5.78 Å². The third kappa shape index (κ3) is 8.16. The Labute approximate surface area is 151 Å². The van der Waals surface area contributed by atoms with E-state index in [1.54, 1.807) is 24.3 Å². The highest BCUT2D eigenvalue weighted by Gasteiger charge is 2.11. The van der Waals surface area contributed by atoms with Gasteiger partial charge in [-0.2, -0.15) is 0 Å². The van der Waals surface area contributed by atoms with Crippen LogP contribution in [0.4, 0.5) is 0 Å². The van der Waals surface area contributed by atoms with Crippen molar-refractivity contribution in [3.63, 3.8) is 0 Å². The van der Waals surface area contributed by atoms with Gasteiger partial charge in [-0.1, -0.05) is 13.8 Å². The number of rotatable bonds is 12. The molecule has 0 radical (unpaired) electrons. The van der Waals surface area contributed by atoms with Gasteiger partial charge >= 0.3 is 0 Å². The van der Waals surface area contributed by atoms with E-state index in [-0.39, 0.29) is 24.5 Å². The van der Waals surface area contributed by atoms with Crippen LogP contribution in [0.2, 0.25) is 0 Å². The van der Waals surface area contributed by atoms with Gasteiger partial charge in [-0.15, -0.1) is 0 Å². The molecule has 140 valence electrons. The number of hydrogen-bond acceptors (Lipinski definition) is 4. The highest BCUT2D eigenvalue weighted by Crippen LogP contribution is 2.14. The molecule has 0 bridgehead atoms. The van der Waals surface area contributed by atoms with E-state index >= 15 is 0 Å². The monoisotopic (exact) mass is 348 g/mol. The normalized spacial score (nSPS) is 11.0. The predicted molar refractivity (Wildman–Crippen MR) is 101 cm³/mol. The third-order valence-corrected chi connectivity index (χ3v) is 4.09. The molecule has 0 unspecified atom stereocenters. The molecule has 5 heteroatoms. The molecule has 0 aromatic heterocycles. The number of nitrogens with one attached hydrogen (secondary N) is 1. The number of Topliss-reactive ketones (excluding diaryl/α,β-unsaturated/α-hetero) is 1. The number of nitrogens with zero attached hydrogens (tertiary/aromatic N) is 1. The Morgan fingerprint density at radius 1 is 1.12 bits per heavy atom. The first-order chi connectivity index (χ1) is 12.0. The zero-order chi connectivity index (χ0) is 18.7. The summed E-state index contributed by atoms with van der Waals surface area (Å²) in [5.74, 6) is 0.674. The molecule has 1 amide bonds. The fraction of sp³-hybridized carbons (Fsp3) is 0.600. The predicted octanol–water partition coefficient (Wildman–Crippen LogP) is 3.28. The highest BCUT2D eigenvalue weighted by molar-refractivity contribution is 5.98. The Balaban J connectivity index is 2.32. The Bertz CT molecular complexity index is 526. The fourth-order valence-electron chi connectivity index (χ4n) is 2.54. The van der Waals surface area contributed by atoms with Crippen molar-refractivity contribution in [3.8, 4) is 5.75 Å². The second-order valence-electron chi connectivity index (χ2n) is 6.37. The molecule has 0 fully saturated rings. The van der Waals surface area contributed by atoms with Gasteiger partial charge in [0.25, 0.3) is 0 Å². The van der Waals surface area contributed by atoms with Gasteiger partial charge in [-0.3, -0.25) is 14.5 Å². The molecule has 1 rings (SSSR count). The number of ether oxygens (including phenoxy) is 1. The van der Waals surface area contributed by atoms with Crippen molar-refractivity contribution < 1.29 is 14.3 Å². The summed E-state index contributed by atoms with van der Waals surface area (Å²) in [5.41, 5.74) is 0.619. The highest BCUT2D eigenvalue weighted by atomic mass is 16.5. The van der Waals surface area contributed by atoms with Crippen LogP contribution in [0.15, 0.2) is 24.3 Å². The molecule has 0 atom stereocenters. The number of hydrogen-bond donors (Lipinski definition) is 1. The van der Waals surface area contributed by atoms with Crippen molar-refractivity contribution in [3.05, 3.63) is 29.8 Å². The first kappa shape index (κ1) is 21.2. The first-order valence-electron chi connectivity index (χ1n) is 9.24. The number of carbonyl (C=O) groups excluding carboxylic acids is 2. The Morgan fingerprint density at radius 3 is 2.36 bits per heavy atom. The molecular weight excluding hydrogens is 316 g/mol. The number of benzene rings is 1. The van der Waals surface area contributed by atoms with Gasteiger partial charge in [-0.25, -0.2) is 0 Å². The molecule has 1 aromatic carbocycles. The molecule has 0 spiro atoms. The van der Waals surface area contributed by atoms with Crippen LogP contribution in [0.3, 0.4) is 0 Å². The van der Waals surface area contributed by atoms with Gasteiger partial charge in [0, 0.05) is 37.5 Å². The quantitative estimate of drug-likeness (QED) is 0.589. The Hall–Kier alpha value is -1.88. The summed E-state index contributed by atoms with van der Waals surface area (Å²) in [4.78, 5) is 26.3. The van der Waals surface area contributed by atoms with E-state index in [4.69, 9.17) is 4.74 Å². The maximum absolute atomic E-state index is 12.2. The molecule has 0 aliphatic carbocycles. The largest absolute Gasteiger partial charge is 0.494 e. The average molecular weight is 348 g/mol. The van der Waals surface area contributed by atoms with Crippen molar-refractivity contribution in [1.82, 2.24) is 10.2 Å². The van der Waals surface area contributed by atoms with E-state index in [1.165, 1.54) is 0 Å². The molecular formula is C20H32N2O3. The van der Waals surface area contributed by atoms with Gasteiger partial charge in [0.05, 0.1) is 6.61 Å². The van der Waals surface area contributed by atoms with Gasteiger partial charge in [0.2, 0.25) is 5.91 Å². The molecule has 25 heavy (non-hydrogen) atoms. The van der Waals surface area contributed by atoms with Crippen LogP contribution in [-0.2, 0) is 4.79 Å². The lowest BCUT2D eigenvalue weighted by atomic mass is 10.1. The number of amides is 1. The summed E-state index contributed by atoms with van der Waals surface area (Å²) in [6, 6.07) is 7.58. The van der Waals surface area contributed by atoms with E-state index in [1.807, 2.05) is 6.92 Å². The van der Waals surface area contributed by atoms with E-state index in [0.717, 1.165) is 25.3 Å². The first-order valence-corrected chi connectivity index (χ1v) is 9.24.